The lowest BCUT2D eigenvalue weighted by atomic mass is 10.1. The number of aromatic carboxylic acids is 1. The molecule has 2 rings (SSSR count). The number of esters is 1. The van der Waals surface area contributed by atoms with Crippen molar-refractivity contribution in [1.29, 1.82) is 0 Å². The molecule has 0 bridgehead atoms. The number of carbonyl (C=O) groups is 3. The molecule has 0 unspecified atom stereocenters. The van der Waals surface area contributed by atoms with E-state index in [4.69, 9.17) is 9.84 Å². The molecule has 0 aromatic carbocycles. The van der Waals surface area contributed by atoms with E-state index in [9.17, 15) is 14.4 Å². The molecule has 0 saturated carbocycles. The van der Waals surface area contributed by atoms with E-state index in [1.807, 2.05) is 13.8 Å². The van der Waals surface area contributed by atoms with Crippen molar-refractivity contribution in [2.24, 2.45) is 0 Å². The number of rotatable bonds is 6. The van der Waals surface area contributed by atoms with Crippen LogP contribution in [-0.2, 0) is 22.5 Å². The van der Waals surface area contributed by atoms with Gasteiger partial charge in [0.15, 0.2) is 0 Å². The fourth-order valence-corrected chi connectivity index (χ4v) is 3.43. The minimum absolute atomic E-state index is 0.00159. The van der Waals surface area contributed by atoms with Crippen LogP contribution in [0.5, 0.6) is 0 Å². The molecular weight excluding hydrogens is 334 g/mol. The number of nitrogens with zero attached hydrogens (tertiary/aromatic N) is 2. The van der Waals surface area contributed by atoms with E-state index in [-0.39, 0.29) is 12.1 Å². The van der Waals surface area contributed by atoms with Crippen LogP contribution < -0.4 is 5.32 Å². The zero-order chi connectivity index (χ0) is 17.9. The predicted molar refractivity (Wildman–Crippen MR) is 87.6 cm³/mol. The summed E-state index contributed by atoms with van der Waals surface area (Å²) in [6.07, 6.45) is 3.07. The molecule has 0 radical (unpaired) electrons. The number of hydrogen-bond acceptors (Lipinski definition) is 6. The maximum atomic E-state index is 12.2. The first kappa shape index (κ1) is 17.7. The van der Waals surface area contributed by atoms with Crippen molar-refractivity contribution in [3.8, 4) is 0 Å². The highest BCUT2D eigenvalue weighted by atomic mass is 32.1. The first-order chi connectivity index (χ1) is 11.4. The zero-order valence-electron chi connectivity index (χ0n) is 13.5. The predicted octanol–water partition coefficient (Wildman–Crippen LogP) is 1.94. The van der Waals surface area contributed by atoms with Crippen LogP contribution in [0.3, 0.4) is 0 Å². The van der Waals surface area contributed by atoms with Crippen LogP contribution in [0.4, 0.5) is 5.00 Å². The highest BCUT2D eigenvalue weighted by molar-refractivity contribution is 7.16. The summed E-state index contributed by atoms with van der Waals surface area (Å²) in [5.41, 5.74) is 1.20. The van der Waals surface area contributed by atoms with Crippen molar-refractivity contribution < 1.29 is 24.2 Å². The van der Waals surface area contributed by atoms with Crippen LogP contribution in [0.25, 0.3) is 0 Å². The molecular formula is C15H17N3O5S. The van der Waals surface area contributed by atoms with Gasteiger partial charge in [0.25, 0.3) is 0 Å². The van der Waals surface area contributed by atoms with E-state index in [0.29, 0.717) is 17.0 Å². The summed E-state index contributed by atoms with van der Waals surface area (Å²) in [6.45, 7) is 3.63. The van der Waals surface area contributed by atoms with E-state index in [2.05, 4.69) is 10.4 Å². The number of anilines is 1. The maximum absolute atomic E-state index is 12.2. The van der Waals surface area contributed by atoms with Crippen molar-refractivity contribution in [3.05, 3.63) is 34.0 Å². The number of thiophene rings is 1. The van der Waals surface area contributed by atoms with Gasteiger partial charge in [-0.1, -0.05) is 6.92 Å². The molecule has 0 aliphatic carbocycles. The summed E-state index contributed by atoms with van der Waals surface area (Å²) < 4.78 is 6.02. The molecule has 0 fully saturated rings. The van der Waals surface area contributed by atoms with Gasteiger partial charge in [0, 0.05) is 11.1 Å². The Morgan fingerprint density at radius 3 is 2.67 bits per heavy atom. The molecule has 0 spiro atoms. The second-order valence-electron chi connectivity index (χ2n) is 4.97. The van der Waals surface area contributed by atoms with Gasteiger partial charge < -0.3 is 15.2 Å². The summed E-state index contributed by atoms with van der Waals surface area (Å²) in [4.78, 5) is 35.9. The largest absolute Gasteiger partial charge is 0.478 e. The standard InChI is InChI=1S/C15H17N3O5S/c1-4-10-8(2)24-13(12(10)15(22)23-3)17-11(19)7-18-6-9(5-16-18)14(20)21/h5-6H,4,7H2,1-3H3,(H,17,19)(H,20,21). The molecule has 128 valence electrons. The van der Waals surface area contributed by atoms with Crippen molar-refractivity contribution >= 4 is 34.2 Å². The van der Waals surface area contributed by atoms with Crippen molar-refractivity contribution in [2.75, 3.05) is 12.4 Å². The number of ether oxygens (including phenoxy) is 1. The molecule has 0 saturated heterocycles. The van der Waals surface area contributed by atoms with Crippen LogP contribution >= 0.6 is 11.3 Å². The van der Waals surface area contributed by atoms with Gasteiger partial charge in [0.2, 0.25) is 5.91 Å². The molecule has 0 atom stereocenters. The third-order valence-corrected chi connectivity index (χ3v) is 4.45. The average Bonchev–Trinajstić information content (AvgIpc) is 3.10. The summed E-state index contributed by atoms with van der Waals surface area (Å²) in [6, 6.07) is 0. The second-order valence-corrected chi connectivity index (χ2v) is 6.19. The van der Waals surface area contributed by atoms with Gasteiger partial charge in [0.1, 0.15) is 11.5 Å². The van der Waals surface area contributed by atoms with Crippen LogP contribution in [0.1, 0.15) is 38.1 Å². The molecule has 2 heterocycles. The number of carbonyl (C=O) groups excluding carboxylic acids is 2. The van der Waals surface area contributed by atoms with Crippen LogP contribution in [0, 0.1) is 6.92 Å². The van der Waals surface area contributed by atoms with Gasteiger partial charge in [-0.05, 0) is 18.9 Å². The number of carboxylic acids is 1. The number of nitrogens with one attached hydrogen (secondary N) is 1. The van der Waals surface area contributed by atoms with Crippen LogP contribution in [-0.4, -0.2) is 39.8 Å². The van der Waals surface area contributed by atoms with Gasteiger partial charge in [-0.2, -0.15) is 5.10 Å². The SMILES string of the molecule is CCc1c(C)sc(NC(=O)Cn2cc(C(=O)O)cn2)c1C(=O)OC. The molecule has 2 N–H and O–H groups in total. The Morgan fingerprint density at radius 1 is 1.42 bits per heavy atom. The van der Waals surface area contributed by atoms with Crippen LogP contribution in [0.15, 0.2) is 12.4 Å². The molecule has 0 aliphatic heterocycles. The second kappa shape index (κ2) is 7.26. The summed E-state index contributed by atoms with van der Waals surface area (Å²) >= 11 is 1.30. The normalized spacial score (nSPS) is 10.5. The van der Waals surface area contributed by atoms with Gasteiger partial charge in [-0.25, -0.2) is 9.59 Å². The van der Waals surface area contributed by atoms with E-state index in [1.165, 1.54) is 35.5 Å². The molecule has 8 nitrogen and oxygen atoms in total. The number of hydrogen-bond donors (Lipinski definition) is 2. The van der Waals surface area contributed by atoms with Gasteiger partial charge >= 0.3 is 11.9 Å². The minimum Gasteiger partial charge on any atom is -0.478 e. The third kappa shape index (κ3) is 3.62. The van der Waals surface area contributed by atoms with E-state index < -0.39 is 17.8 Å². The molecule has 24 heavy (non-hydrogen) atoms. The van der Waals surface area contributed by atoms with E-state index in [1.54, 1.807) is 0 Å². The minimum atomic E-state index is -1.11. The number of aryl methyl sites for hydroxylation is 1. The Labute approximate surface area is 142 Å². The van der Waals surface area contributed by atoms with Gasteiger partial charge in [0.05, 0.1) is 24.4 Å². The topological polar surface area (TPSA) is 111 Å². The molecule has 2 aromatic heterocycles. The fourth-order valence-electron chi connectivity index (χ4n) is 2.28. The molecule has 0 aliphatic rings. The third-order valence-electron chi connectivity index (χ3n) is 3.39. The first-order valence-electron chi connectivity index (χ1n) is 7.13. The van der Waals surface area contributed by atoms with Crippen molar-refractivity contribution in [1.82, 2.24) is 9.78 Å². The number of carboxylic acid groups (broad SMARTS) is 1. The quantitative estimate of drug-likeness (QED) is 0.770. The maximum Gasteiger partial charge on any atom is 0.341 e. The average molecular weight is 351 g/mol. The number of amides is 1. The van der Waals surface area contributed by atoms with Crippen LogP contribution in [0.2, 0.25) is 0 Å². The smallest absolute Gasteiger partial charge is 0.341 e. The van der Waals surface area contributed by atoms with E-state index >= 15 is 0 Å². The Balaban J connectivity index is 2.19. The number of aromatic nitrogens is 2. The highest BCUT2D eigenvalue weighted by Crippen LogP contribution is 2.33. The fraction of sp³-hybridized carbons (Fsp3) is 0.333. The molecule has 9 heteroatoms. The number of methoxy groups -OCH3 is 1. The summed E-state index contributed by atoms with van der Waals surface area (Å²) in [5, 5.41) is 15.8. The lowest BCUT2D eigenvalue weighted by Gasteiger charge is -2.07. The monoisotopic (exact) mass is 351 g/mol. The Hall–Kier alpha value is -2.68. The zero-order valence-corrected chi connectivity index (χ0v) is 14.3. The van der Waals surface area contributed by atoms with Crippen molar-refractivity contribution in [2.45, 2.75) is 26.8 Å². The molecule has 2 aromatic rings. The van der Waals surface area contributed by atoms with E-state index in [0.717, 1.165) is 10.4 Å². The lowest BCUT2D eigenvalue weighted by molar-refractivity contribution is -0.116. The van der Waals surface area contributed by atoms with Gasteiger partial charge in [-0.15, -0.1) is 11.3 Å². The summed E-state index contributed by atoms with van der Waals surface area (Å²) in [5.74, 6) is -2.03. The Bertz CT molecular complexity index is 793. The summed E-state index contributed by atoms with van der Waals surface area (Å²) in [7, 11) is 1.29. The van der Waals surface area contributed by atoms with Crippen molar-refractivity contribution in [3.63, 3.8) is 0 Å². The van der Waals surface area contributed by atoms with Gasteiger partial charge in [-0.3, -0.25) is 9.48 Å². The Kier molecular flexibility index (Phi) is 5.35. The first-order valence-corrected chi connectivity index (χ1v) is 7.95. The lowest BCUT2D eigenvalue weighted by Crippen LogP contribution is -2.20. The Morgan fingerprint density at radius 2 is 2.12 bits per heavy atom. The molecule has 1 amide bonds. The highest BCUT2D eigenvalue weighted by Gasteiger charge is 2.23.